The number of carbonyl (C=O) groups is 2. The van der Waals surface area contributed by atoms with Gasteiger partial charge in [-0.2, -0.15) is 0 Å². The lowest BCUT2D eigenvalue weighted by Gasteiger charge is -2.32. The summed E-state index contributed by atoms with van der Waals surface area (Å²) < 4.78 is 10.1. The maximum atomic E-state index is 11.1. The summed E-state index contributed by atoms with van der Waals surface area (Å²) in [5.41, 5.74) is 1.99. The lowest BCUT2D eigenvalue weighted by molar-refractivity contribution is -0.384. The molecule has 7 nitrogen and oxygen atoms in total. The number of nitrogens with zero attached hydrogens (tertiary/aromatic N) is 1. The van der Waals surface area contributed by atoms with Crippen LogP contribution in [-0.4, -0.2) is 22.6 Å². The monoisotopic (exact) mass is 333 g/mol. The molecule has 0 N–H and O–H groups in total. The summed E-state index contributed by atoms with van der Waals surface area (Å²) in [5, 5.41) is 10.3. The van der Waals surface area contributed by atoms with Crippen LogP contribution in [0.5, 0.6) is 0 Å². The molecule has 0 unspecified atom stereocenters. The summed E-state index contributed by atoms with van der Waals surface area (Å²) in [6.07, 6.45) is 3.07. The molecular weight excluding hydrogens is 314 g/mol. The third-order valence-corrected chi connectivity index (χ3v) is 4.12. The Morgan fingerprint density at radius 1 is 1.08 bits per heavy atom. The van der Waals surface area contributed by atoms with Gasteiger partial charge in [-0.1, -0.05) is 12.6 Å². The third kappa shape index (κ3) is 3.79. The van der Waals surface area contributed by atoms with Crippen molar-refractivity contribution in [1.29, 1.82) is 0 Å². The minimum Gasteiger partial charge on any atom is -0.419 e. The van der Waals surface area contributed by atoms with Gasteiger partial charge in [0, 0.05) is 25.0 Å². The van der Waals surface area contributed by atoms with Crippen molar-refractivity contribution < 1.29 is 24.0 Å². The van der Waals surface area contributed by atoms with Crippen molar-refractivity contribution in [3.8, 4) is 0 Å². The number of non-ortho nitro benzene ring substituents is 1. The summed E-state index contributed by atoms with van der Waals surface area (Å²) in [6, 6.07) is 4.85. The number of rotatable bonds is 1. The predicted molar refractivity (Wildman–Crippen MR) is 85.1 cm³/mol. The highest BCUT2D eigenvalue weighted by atomic mass is 16.7. The normalized spacial score (nSPS) is 18.5. The van der Waals surface area contributed by atoms with Crippen molar-refractivity contribution in [3.63, 3.8) is 0 Å². The highest BCUT2D eigenvalue weighted by molar-refractivity contribution is 6.14. The zero-order valence-corrected chi connectivity index (χ0v) is 13.7. The summed E-state index contributed by atoms with van der Waals surface area (Å²) in [7, 11) is 0. The molecule has 1 heterocycles. The molecule has 128 valence electrons. The molecule has 0 amide bonds. The molecule has 2 aliphatic rings. The molecule has 1 aliphatic carbocycles. The summed E-state index contributed by atoms with van der Waals surface area (Å²) in [5.74, 6) is -2.24. The molecule has 0 bridgehead atoms. The quantitative estimate of drug-likeness (QED) is 0.257. The molecular formula is C17H19NO6. The van der Waals surface area contributed by atoms with Gasteiger partial charge in [-0.3, -0.25) is 10.1 Å². The zero-order chi connectivity index (χ0) is 17.9. The van der Waals surface area contributed by atoms with E-state index in [2.05, 4.69) is 6.58 Å². The molecule has 0 atom stereocenters. The van der Waals surface area contributed by atoms with Crippen LogP contribution in [0.4, 0.5) is 5.69 Å². The van der Waals surface area contributed by atoms with Crippen molar-refractivity contribution in [2.75, 3.05) is 0 Å². The predicted octanol–water partition coefficient (Wildman–Crippen LogP) is 3.12. The maximum Gasteiger partial charge on any atom is 0.348 e. The van der Waals surface area contributed by atoms with E-state index in [4.69, 9.17) is 9.47 Å². The van der Waals surface area contributed by atoms with Crippen LogP contribution in [0, 0.1) is 24.0 Å². The van der Waals surface area contributed by atoms with Gasteiger partial charge in [-0.15, -0.1) is 0 Å². The Morgan fingerprint density at radius 3 is 2.08 bits per heavy atom. The fourth-order valence-electron chi connectivity index (χ4n) is 2.52. The van der Waals surface area contributed by atoms with Crippen LogP contribution in [0.3, 0.4) is 0 Å². The Hall–Kier alpha value is -2.70. The van der Waals surface area contributed by atoms with Gasteiger partial charge >= 0.3 is 11.9 Å². The van der Waals surface area contributed by atoms with Crippen LogP contribution in [0.15, 0.2) is 30.4 Å². The first-order valence-corrected chi connectivity index (χ1v) is 7.61. The van der Waals surface area contributed by atoms with E-state index in [0.29, 0.717) is 12.8 Å². The summed E-state index contributed by atoms with van der Waals surface area (Å²) >= 11 is 0. The van der Waals surface area contributed by atoms with Gasteiger partial charge in [0.25, 0.3) is 11.5 Å². The number of aryl methyl sites for hydroxylation is 2. The number of nitro benzene ring substituents is 1. The second-order valence-corrected chi connectivity index (χ2v) is 5.90. The van der Waals surface area contributed by atoms with Crippen LogP contribution in [-0.2, 0) is 19.1 Å². The molecule has 1 saturated carbocycles. The van der Waals surface area contributed by atoms with E-state index < -0.39 is 17.7 Å². The Bertz CT molecular complexity index is 681. The highest BCUT2D eigenvalue weighted by Gasteiger charge is 2.47. The van der Waals surface area contributed by atoms with Gasteiger partial charge in [-0.25, -0.2) is 9.59 Å². The number of nitro groups is 1. The lowest BCUT2D eigenvalue weighted by Crippen LogP contribution is -2.44. The first-order valence-electron chi connectivity index (χ1n) is 7.61. The van der Waals surface area contributed by atoms with Gasteiger partial charge in [-0.05, 0) is 37.8 Å². The van der Waals surface area contributed by atoms with Crippen LogP contribution < -0.4 is 0 Å². The molecule has 0 aromatic heterocycles. The standard InChI is InChI=1S/C9H10O4.C8H9NO2/c1-6-7(10)12-9(13-8(6)11)4-2-3-5-9;1-6-3-4-8(9(10)11)5-7(6)2/h1-5H2;3-5H,1-2H3. The molecule has 1 saturated heterocycles. The molecule has 1 aromatic rings. The smallest absolute Gasteiger partial charge is 0.348 e. The Balaban J connectivity index is 0.000000177. The molecule has 2 fully saturated rings. The minimum atomic E-state index is -0.963. The Labute approximate surface area is 139 Å². The second kappa shape index (κ2) is 6.82. The molecule has 1 spiro atoms. The Morgan fingerprint density at radius 2 is 1.62 bits per heavy atom. The average Bonchev–Trinajstić information content (AvgIpc) is 2.96. The molecule has 1 aliphatic heterocycles. The van der Waals surface area contributed by atoms with Crippen molar-refractivity contribution in [2.24, 2.45) is 0 Å². The van der Waals surface area contributed by atoms with Gasteiger partial charge in [0.15, 0.2) is 0 Å². The van der Waals surface area contributed by atoms with E-state index in [1.165, 1.54) is 6.07 Å². The van der Waals surface area contributed by atoms with E-state index in [1.807, 2.05) is 13.8 Å². The van der Waals surface area contributed by atoms with Crippen molar-refractivity contribution >= 4 is 17.6 Å². The summed E-state index contributed by atoms with van der Waals surface area (Å²) in [6.45, 7) is 7.07. The largest absolute Gasteiger partial charge is 0.419 e. The van der Waals surface area contributed by atoms with Crippen molar-refractivity contribution in [1.82, 2.24) is 0 Å². The van der Waals surface area contributed by atoms with E-state index >= 15 is 0 Å². The van der Waals surface area contributed by atoms with Crippen LogP contribution in [0.2, 0.25) is 0 Å². The van der Waals surface area contributed by atoms with Gasteiger partial charge in [0.2, 0.25) is 0 Å². The highest BCUT2D eigenvalue weighted by Crippen LogP contribution is 2.37. The summed E-state index contributed by atoms with van der Waals surface area (Å²) in [4.78, 5) is 32.2. The van der Waals surface area contributed by atoms with E-state index in [0.717, 1.165) is 24.0 Å². The molecule has 3 rings (SSSR count). The first-order chi connectivity index (χ1) is 11.2. The Kier molecular flexibility index (Phi) is 5.02. The number of esters is 2. The lowest BCUT2D eigenvalue weighted by atomic mass is 10.1. The van der Waals surface area contributed by atoms with Gasteiger partial charge in [0.1, 0.15) is 5.57 Å². The van der Waals surface area contributed by atoms with Crippen molar-refractivity contribution in [3.05, 3.63) is 51.6 Å². The number of benzene rings is 1. The number of hydrogen-bond donors (Lipinski definition) is 0. The van der Waals surface area contributed by atoms with Crippen LogP contribution in [0.1, 0.15) is 36.8 Å². The number of hydrogen-bond acceptors (Lipinski definition) is 6. The van der Waals surface area contributed by atoms with E-state index in [-0.39, 0.29) is 16.2 Å². The van der Waals surface area contributed by atoms with E-state index in [9.17, 15) is 19.7 Å². The fraction of sp³-hybridized carbons (Fsp3) is 0.412. The molecule has 0 radical (unpaired) electrons. The maximum absolute atomic E-state index is 11.1. The third-order valence-electron chi connectivity index (χ3n) is 4.12. The fourth-order valence-corrected chi connectivity index (χ4v) is 2.52. The number of carbonyl (C=O) groups excluding carboxylic acids is 2. The van der Waals surface area contributed by atoms with Crippen LogP contribution in [0.25, 0.3) is 0 Å². The van der Waals surface area contributed by atoms with Crippen LogP contribution >= 0.6 is 0 Å². The minimum absolute atomic E-state index is 0.160. The molecule has 7 heteroatoms. The SMILES string of the molecule is C=C1C(=O)OC2(CCCC2)OC1=O.Cc1ccc([N+](=O)[O-])cc1C. The number of ether oxygens (including phenoxy) is 2. The zero-order valence-electron chi connectivity index (χ0n) is 13.7. The average molecular weight is 333 g/mol. The molecule has 1 aromatic carbocycles. The molecule has 24 heavy (non-hydrogen) atoms. The first kappa shape index (κ1) is 17.7. The topological polar surface area (TPSA) is 95.7 Å². The van der Waals surface area contributed by atoms with Gasteiger partial charge < -0.3 is 9.47 Å². The second-order valence-electron chi connectivity index (χ2n) is 5.90. The van der Waals surface area contributed by atoms with Crippen molar-refractivity contribution in [2.45, 2.75) is 45.3 Å². The van der Waals surface area contributed by atoms with E-state index in [1.54, 1.807) is 12.1 Å². The van der Waals surface area contributed by atoms with Gasteiger partial charge in [0.05, 0.1) is 4.92 Å².